The first-order valence-corrected chi connectivity index (χ1v) is 7.38. The minimum absolute atomic E-state index is 0.172. The number of aromatic hydroxyl groups is 1. The number of benzene rings is 1. The van der Waals surface area contributed by atoms with Gasteiger partial charge < -0.3 is 20.1 Å². The van der Waals surface area contributed by atoms with E-state index in [2.05, 4.69) is 24.2 Å². The van der Waals surface area contributed by atoms with Crippen LogP contribution in [0.3, 0.4) is 0 Å². The summed E-state index contributed by atoms with van der Waals surface area (Å²) in [6, 6.07) is 4.47. The molecule has 2 N–H and O–H groups in total. The van der Waals surface area contributed by atoms with Crippen LogP contribution >= 0.6 is 11.6 Å². The topological polar surface area (TPSA) is 44.7 Å². The maximum absolute atomic E-state index is 10.1. The molecule has 1 aromatic rings. The molecule has 1 aliphatic heterocycles. The summed E-state index contributed by atoms with van der Waals surface area (Å²) < 4.78 is 5.12. The minimum atomic E-state index is 0.172. The number of phenols is 1. The van der Waals surface area contributed by atoms with Crippen molar-refractivity contribution in [1.82, 2.24) is 10.2 Å². The number of methoxy groups -OCH3 is 1. The normalized spacial score (nSPS) is 23.8. The molecule has 1 saturated heterocycles. The molecule has 1 heterocycles. The molecular weight excluding hydrogens is 276 g/mol. The Balaban J connectivity index is 1.99. The fourth-order valence-corrected chi connectivity index (χ4v) is 2.88. The number of ether oxygens (including phenoxy) is 1. The average molecular weight is 299 g/mol. The molecular formula is C15H23ClN2O2. The smallest absolute Gasteiger partial charge is 0.162 e. The molecule has 112 valence electrons. The summed E-state index contributed by atoms with van der Waals surface area (Å²) in [5, 5.41) is 14.2. The second-order valence-electron chi connectivity index (χ2n) is 5.55. The zero-order valence-electron chi connectivity index (χ0n) is 12.3. The first-order chi connectivity index (χ1) is 9.51. The number of nitrogens with zero attached hydrogens (tertiary/aromatic N) is 1. The highest BCUT2D eigenvalue weighted by atomic mass is 35.5. The highest BCUT2D eigenvalue weighted by Gasteiger charge is 2.22. The Morgan fingerprint density at radius 1 is 1.50 bits per heavy atom. The molecule has 0 saturated carbocycles. The summed E-state index contributed by atoms with van der Waals surface area (Å²) in [7, 11) is 3.69. The number of hydrogen-bond donors (Lipinski definition) is 2. The van der Waals surface area contributed by atoms with E-state index in [9.17, 15) is 5.11 Å². The van der Waals surface area contributed by atoms with Gasteiger partial charge in [0, 0.05) is 35.3 Å². The number of phenolic OH excluding ortho intramolecular Hbond substituents is 1. The van der Waals surface area contributed by atoms with Gasteiger partial charge in [0.05, 0.1) is 7.11 Å². The van der Waals surface area contributed by atoms with Gasteiger partial charge in [-0.3, -0.25) is 0 Å². The standard InChI is InChI=1S/C15H23ClN2O2/c1-10-6-13(4-5-18(10)2)17-9-11-7-12(16)8-14(20-3)15(11)19/h7-8,10,13,17,19H,4-6,9H2,1-3H3. The molecule has 20 heavy (non-hydrogen) atoms. The third-order valence-corrected chi connectivity index (χ3v) is 4.35. The van der Waals surface area contributed by atoms with Gasteiger partial charge in [-0.05, 0) is 39.4 Å². The van der Waals surface area contributed by atoms with Crippen LogP contribution in [0.2, 0.25) is 5.02 Å². The van der Waals surface area contributed by atoms with Crippen molar-refractivity contribution in [2.75, 3.05) is 20.7 Å². The van der Waals surface area contributed by atoms with Gasteiger partial charge in [-0.1, -0.05) is 11.6 Å². The molecule has 2 atom stereocenters. The van der Waals surface area contributed by atoms with E-state index in [1.54, 1.807) is 12.1 Å². The summed E-state index contributed by atoms with van der Waals surface area (Å²) in [6.07, 6.45) is 2.24. The second kappa shape index (κ2) is 6.66. The van der Waals surface area contributed by atoms with Gasteiger partial charge >= 0.3 is 0 Å². The molecule has 0 bridgehead atoms. The van der Waals surface area contributed by atoms with E-state index >= 15 is 0 Å². The maximum atomic E-state index is 10.1. The van der Waals surface area contributed by atoms with Crippen molar-refractivity contribution in [1.29, 1.82) is 0 Å². The summed E-state index contributed by atoms with van der Waals surface area (Å²) in [6.45, 7) is 3.95. The van der Waals surface area contributed by atoms with Crippen LogP contribution in [0, 0.1) is 0 Å². The zero-order valence-corrected chi connectivity index (χ0v) is 13.1. The minimum Gasteiger partial charge on any atom is -0.504 e. The number of nitrogens with one attached hydrogen (secondary N) is 1. The predicted molar refractivity (Wildman–Crippen MR) is 81.6 cm³/mol. The Kier molecular flexibility index (Phi) is 5.13. The Morgan fingerprint density at radius 2 is 2.25 bits per heavy atom. The van der Waals surface area contributed by atoms with Crippen molar-refractivity contribution in [3.05, 3.63) is 22.7 Å². The van der Waals surface area contributed by atoms with Crippen molar-refractivity contribution in [2.45, 2.75) is 38.4 Å². The third kappa shape index (κ3) is 3.57. The highest BCUT2D eigenvalue weighted by Crippen LogP contribution is 2.33. The fourth-order valence-electron chi connectivity index (χ4n) is 2.65. The van der Waals surface area contributed by atoms with E-state index in [1.165, 1.54) is 7.11 Å². The van der Waals surface area contributed by atoms with E-state index in [1.807, 2.05) is 0 Å². The van der Waals surface area contributed by atoms with Gasteiger partial charge in [-0.2, -0.15) is 0 Å². The van der Waals surface area contributed by atoms with Crippen molar-refractivity contribution >= 4 is 11.6 Å². The van der Waals surface area contributed by atoms with E-state index in [4.69, 9.17) is 16.3 Å². The molecule has 5 heteroatoms. The lowest BCUT2D eigenvalue weighted by Crippen LogP contribution is -2.45. The van der Waals surface area contributed by atoms with Gasteiger partial charge in [0.2, 0.25) is 0 Å². The fraction of sp³-hybridized carbons (Fsp3) is 0.600. The monoisotopic (exact) mass is 298 g/mol. The Labute approximate surface area is 125 Å². The maximum Gasteiger partial charge on any atom is 0.162 e. The lowest BCUT2D eigenvalue weighted by molar-refractivity contribution is 0.168. The molecule has 2 unspecified atom stereocenters. The molecule has 1 aliphatic rings. The Hall–Kier alpha value is -0.970. The number of rotatable bonds is 4. The van der Waals surface area contributed by atoms with Crippen LogP contribution in [0.15, 0.2) is 12.1 Å². The van der Waals surface area contributed by atoms with Crippen molar-refractivity contribution in [3.63, 3.8) is 0 Å². The first-order valence-electron chi connectivity index (χ1n) is 7.00. The number of likely N-dealkylation sites (tertiary alicyclic amines) is 1. The SMILES string of the molecule is COc1cc(Cl)cc(CNC2CCN(C)C(C)C2)c1O. The van der Waals surface area contributed by atoms with Crippen LogP contribution in [-0.2, 0) is 6.54 Å². The molecule has 0 aromatic heterocycles. The number of piperidine rings is 1. The highest BCUT2D eigenvalue weighted by molar-refractivity contribution is 6.30. The molecule has 0 radical (unpaired) electrons. The van der Waals surface area contributed by atoms with Gasteiger partial charge in [0.1, 0.15) is 0 Å². The quantitative estimate of drug-likeness (QED) is 0.897. The molecule has 2 rings (SSSR count). The van der Waals surface area contributed by atoms with Crippen molar-refractivity contribution < 1.29 is 9.84 Å². The van der Waals surface area contributed by atoms with Gasteiger partial charge in [-0.15, -0.1) is 0 Å². The Bertz CT molecular complexity index is 467. The third-order valence-electron chi connectivity index (χ3n) is 4.13. The number of halogens is 1. The first kappa shape index (κ1) is 15.4. The second-order valence-corrected chi connectivity index (χ2v) is 5.98. The Morgan fingerprint density at radius 3 is 2.90 bits per heavy atom. The summed E-state index contributed by atoms with van der Waals surface area (Å²) >= 11 is 6.04. The number of hydrogen-bond acceptors (Lipinski definition) is 4. The predicted octanol–water partition coefficient (Wildman–Crippen LogP) is 2.63. The van der Waals surface area contributed by atoms with Gasteiger partial charge in [0.15, 0.2) is 11.5 Å². The van der Waals surface area contributed by atoms with Crippen LogP contribution in [0.4, 0.5) is 0 Å². The summed E-state index contributed by atoms with van der Waals surface area (Å²) in [4.78, 5) is 2.37. The molecule has 0 aliphatic carbocycles. The lowest BCUT2D eigenvalue weighted by atomic mass is 9.98. The average Bonchev–Trinajstić information content (AvgIpc) is 2.43. The van der Waals surface area contributed by atoms with E-state index in [0.717, 1.165) is 24.9 Å². The lowest BCUT2D eigenvalue weighted by Gasteiger charge is -2.35. The van der Waals surface area contributed by atoms with Crippen LogP contribution in [0.5, 0.6) is 11.5 Å². The summed E-state index contributed by atoms with van der Waals surface area (Å²) in [5.41, 5.74) is 0.779. The van der Waals surface area contributed by atoms with Gasteiger partial charge in [-0.25, -0.2) is 0 Å². The molecule has 1 fully saturated rings. The van der Waals surface area contributed by atoms with Crippen LogP contribution in [0.1, 0.15) is 25.3 Å². The molecule has 0 spiro atoms. The van der Waals surface area contributed by atoms with Crippen molar-refractivity contribution in [3.8, 4) is 11.5 Å². The van der Waals surface area contributed by atoms with Crippen molar-refractivity contribution in [2.24, 2.45) is 0 Å². The largest absolute Gasteiger partial charge is 0.504 e. The zero-order chi connectivity index (χ0) is 14.7. The van der Waals surface area contributed by atoms with E-state index < -0.39 is 0 Å². The van der Waals surface area contributed by atoms with Crippen LogP contribution in [-0.4, -0.2) is 42.8 Å². The molecule has 4 nitrogen and oxygen atoms in total. The van der Waals surface area contributed by atoms with Crippen LogP contribution < -0.4 is 10.1 Å². The van der Waals surface area contributed by atoms with Crippen LogP contribution in [0.25, 0.3) is 0 Å². The van der Waals surface area contributed by atoms with Gasteiger partial charge in [0.25, 0.3) is 0 Å². The molecule has 0 amide bonds. The molecule has 1 aromatic carbocycles. The van der Waals surface area contributed by atoms with E-state index in [0.29, 0.717) is 29.4 Å². The van der Waals surface area contributed by atoms with E-state index in [-0.39, 0.29) is 5.75 Å². The summed E-state index contributed by atoms with van der Waals surface area (Å²) in [5.74, 6) is 0.594.